The van der Waals surface area contributed by atoms with Gasteiger partial charge < -0.3 is 19.2 Å². The highest BCUT2D eigenvalue weighted by atomic mass is 19.1. The van der Waals surface area contributed by atoms with Crippen molar-refractivity contribution in [1.82, 2.24) is 0 Å². The first-order valence-corrected chi connectivity index (χ1v) is 11.6. The van der Waals surface area contributed by atoms with Crippen LogP contribution in [-0.2, 0) is 4.79 Å². The monoisotopic (exact) mass is 473 g/mol. The van der Waals surface area contributed by atoms with Crippen molar-refractivity contribution >= 4 is 28.1 Å². The molecular formula is C29H28FNO4. The van der Waals surface area contributed by atoms with Crippen LogP contribution < -0.4 is 14.8 Å². The minimum Gasteiger partial charge on any atom is -0.494 e. The molecule has 1 aromatic heterocycles. The number of carbonyl (C=O) groups excluding carboxylic acids is 1. The molecule has 0 fully saturated rings. The lowest BCUT2D eigenvalue weighted by atomic mass is 9.99. The van der Waals surface area contributed by atoms with Crippen LogP contribution in [0.1, 0.15) is 31.9 Å². The number of hydrogen-bond acceptors (Lipinski definition) is 4. The molecule has 4 aromatic rings. The van der Waals surface area contributed by atoms with E-state index in [1.165, 1.54) is 12.1 Å². The number of fused-ring (bicyclic) bond motifs is 1. The van der Waals surface area contributed by atoms with Crippen molar-refractivity contribution in [2.45, 2.75) is 27.7 Å². The number of anilines is 1. The maximum absolute atomic E-state index is 13.9. The quantitative estimate of drug-likeness (QED) is 0.271. The first-order chi connectivity index (χ1) is 16.9. The summed E-state index contributed by atoms with van der Waals surface area (Å²) >= 11 is 0. The maximum Gasteiger partial charge on any atom is 0.248 e. The number of furan rings is 1. The zero-order valence-corrected chi connectivity index (χ0v) is 20.3. The largest absolute Gasteiger partial charge is 0.494 e. The minimum absolute atomic E-state index is 0.354. The molecule has 5 nitrogen and oxygen atoms in total. The standard InChI is InChI=1S/C29H28FNO4/c1-5-33-22-11-8-20(9-12-22)25-17-35-28-16-27(34-6-2)23(15-24(25)28)19(4)13-29(32)31-21-10-7-18(3)26(30)14-21/h7-17H,5-6H2,1-4H3,(H,31,32)/b19-13+. The van der Waals surface area contributed by atoms with Gasteiger partial charge in [0.05, 0.1) is 19.5 Å². The number of allylic oxidation sites excluding steroid dienone is 1. The Labute approximate surface area is 204 Å². The van der Waals surface area contributed by atoms with Gasteiger partial charge in [-0.15, -0.1) is 0 Å². The fourth-order valence-corrected chi connectivity index (χ4v) is 3.88. The van der Waals surface area contributed by atoms with E-state index in [-0.39, 0.29) is 11.7 Å². The summed E-state index contributed by atoms with van der Waals surface area (Å²) in [6.45, 7) is 8.44. The fraction of sp³-hybridized carbons (Fsp3) is 0.207. The Morgan fingerprint density at radius 2 is 1.77 bits per heavy atom. The molecule has 180 valence electrons. The van der Waals surface area contributed by atoms with E-state index < -0.39 is 0 Å². The Kier molecular flexibility index (Phi) is 7.20. The first-order valence-electron chi connectivity index (χ1n) is 11.6. The zero-order chi connectivity index (χ0) is 24.9. The van der Waals surface area contributed by atoms with Crippen molar-refractivity contribution in [3.8, 4) is 22.6 Å². The van der Waals surface area contributed by atoms with Crippen LogP contribution in [0.3, 0.4) is 0 Å². The van der Waals surface area contributed by atoms with Crippen LogP contribution in [0.4, 0.5) is 10.1 Å². The summed E-state index contributed by atoms with van der Waals surface area (Å²) in [6.07, 6.45) is 3.20. The third-order valence-corrected chi connectivity index (χ3v) is 5.66. The molecule has 0 aliphatic carbocycles. The molecule has 3 aromatic carbocycles. The number of aryl methyl sites for hydroxylation is 1. The van der Waals surface area contributed by atoms with Gasteiger partial charge >= 0.3 is 0 Å². The molecule has 0 saturated heterocycles. The maximum atomic E-state index is 13.9. The van der Waals surface area contributed by atoms with Crippen LogP contribution in [0.5, 0.6) is 11.5 Å². The Balaban J connectivity index is 1.69. The van der Waals surface area contributed by atoms with Gasteiger partial charge in [0.1, 0.15) is 22.9 Å². The van der Waals surface area contributed by atoms with E-state index in [9.17, 15) is 9.18 Å². The second-order valence-corrected chi connectivity index (χ2v) is 8.16. The summed E-state index contributed by atoms with van der Waals surface area (Å²) in [5.74, 6) is 0.707. The Morgan fingerprint density at radius 3 is 2.46 bits per heavy atom. The topological polar surface area (TPSA) is 60.7 Å². The van der Waals surface area contributed by atoms with Crippen molar-refractivity contribution in [3.63, 3.8) is 0 Å². The zero-order valence-electron chi connectivity index (χ0n) is 20.3. The van der Waals surface area contributed by atoms with Crippen molar-refractivity contribution in [1.29, 1.82) is 0 Å². The molecule has 0 unspecified atom stereocenters. The highest BCUT2D eigenvalue weighted by molar-refractivity contribution is 6.05. The number of hydrogen-bond donors (Lipinski definition) is 1. The van der Waals surface area contributed by atoms with E-state index in [4.69, 9.17) is 13.9 Å². The summed E-state index contributed by atoms with van der Waals surface area (Å²) in [6, 6.07) is 16.3. The van der Waals surface area contributed by atoms with Gasteiger partial charge in [-0.1, -0.05) is 18.2 Å². The molecule has 0 spiro atoms. The first kappa shape index (κ1) is 24.1. The summed E-state index contributed by atoms with van der Waals surface area (Å²) in [5.41, 5.74) is 5.01. The molecule has 6 heteroatoms. The summed E-state index contributed by atoms with van der Waals surface area (Å²) in [7, 11) is 0. The van der Waals surface area contributed by atoms with Gasteiger partial charge in [0.15, 0.2) is 0 Å². The van der Waals surface area contributed by atoms with Gasteiger partial charge in [-0.3, -0.25) is 4.79 Å². The van der Waals surface area contributed by atoms with Crippen LogP contribution in [0, 0.1) is 12.7 Å². The van der Waals surface area contributed by atoms with E-state index in [1.54, 1.807) is 25.3 Å². The van der Waals surface area contributed by atoms with Crippen LogP contribution in [0.15, 0.2) is 71.4 Å². The molecule has 0 radical (unpaired) electrons. The Hall–Kier alpha value is -4.06. The highest BCUT2D eigenvalue weighted by Gasteiger charge is 2.16. The number of rotatable bonds is 8. The molecule has 0 aliphatic rings. The Morgan fingerprint density at radius 1 is 1.03 bits per heavy atom. The molecule has 0 saturated carbocycles. The SMILES string of the molecule is CCOc1ccc(-c2coc3cc(OCC)c(/C(C)=C/C(=O)Nc4ccc(C)c(F)c4)cc23)cc1. The van der Waals surface area contributed by atoms with E-state index in [1.807, 2.05) is 57.2 Å². The van der Waals surface area contributed by atoms with Crippen LogP contribution in [-0.4, -0.2) is 19.1 Å². The summed E-state index contributed by atoms with van der Waals surface area (Å²) < 4.78 is 31.1. The normalized spacial score (nSPS) is 11.5. The molecule has 1 heterocycles. The minimum atomic E-state index is -0.366. The number of nitrogens with one attached hydrogen (secondary N) is 1. The molecule has 0 atom stereocenters. The lowest BCUT2D eigenvalue weighted by molar-refractivity contribution is -0.111. The number of amides is 1. The van der Waals surface area contributed by atoms with Crippen LogP contribution >= 0.6 is 0 Å². The van der Waals surface area contributed by atoms with E-state index in [0.29, 0.717) is 41.4 Å². The van der Waals surface area contributed by atoms with E-state index >= 15 is 0 Å². The predicted octanol–water partition coefficient (Wildman–Crippen LogP) is 7.39. The van der Waals surface area contributed by atoms with Gasteiger partial charge in [0, 0.05) is 34.3 Å². The summed E-state index contributed by atoms with van der Waals surface area (Å²) in [5, 5.41) is 3.62. The lowest BCUT2D eigenvalue weighted by Crippen LogP contribution is -2.09. The third-order valence-electron chi connectivity index (χ3n) is 5.66. The van der Waals surface area contributed by atoms with E-state index in [2.05, 4.69) is 5.32 Å². The molecule has 1 N–H and O–H groups in total. The highest BCUT2D eigenvalue weighted by Crippen LogP contribution is 2.38. The van der Waals surface area contributed by atoms with Crippen LogP contribution in [0.2, 0.25) is 0 Å². The van der Waals surface area contributed by atoms with Crippen molar-refractivity contribution in [3.05, 3.63) is 83.9 Å². The summed E-state index contributed by atoms with van der Waals surface area (Å²) in [4.78, 5) is 12.7. The number of benzene rings is 3. The average Bonchev–Trinajstić information content (AvgIpc) is 3.24. The molecule has 0 bridgehead atoms. The molecule has 4 rings (SSSR count). The average molecular weight is 474 g/mol. The number of carbonyl (C=O) groups is 1. The van der Waals surface area contributed by atoms with Crippen molar-refractivity contribution < 1.29 is 23.1 Å². The molecule has 35 heavy (non-hydrogen) atoms. The van der Waals surface area contributed by atoms with Gasteiger partial charge in [0.2, 0.25) is 5.91 Å². The van der Waals surface area contributed by atoms with E-state index in [0.717, 1.165) is 27.8 Å². The van der Waals surface area contributed by atoms with Crippen molar-refractivity contribution in [2.75, 3.05) is 18.5 Å². The smallest absolute Gasteiger partial charge is 0.248 e. The fourth-order valence-electron chi connectivity index (χ4n) is 3.88. The second-order valence-electron chi connectivity index (χ2n) is 8.16. The molecular weight excluding hydrogens is 445 g/mol. The lowest BCUT2D eigenvalue weighted by Gasteiger charge is -2.12. The molecule has 0 aliphatic heterocycles. The van der Waals surface area contributed by atoms with Gasteiger partial charge in [0.25, 0.3) is 0 Å². The Bertz CT molecular complexity index is 1390. The van der Waals surface area contributed by atoms with Gasteiger partial charge in [-0.2, -0.15) is 0 Å². The van der Waals surface area contributed by atoms with Crippen LogP contribution in [0.25, 0.3) is 27.7 Å². The second kappa shape index (κ2) is 10.5. The van der Waals surface area contributed by atoms with Gasteiger partial charge in [-0.25, -0.2) is 4.39 Å². The predicted molar refractivity (Wildman–Crippen MR) is 137 cm³/mol. The molecule has 1 amide bonds. The van der Waals surface area contributed by atoms with Gasteiger partial charge in [-0.05, 0) is 74.7 Å². The number of halogens is 1. The van der Waals surface area contributed by atoms with Crippen molar-refractivity contribution in [2.24, 2.45) is 0 Å². The number of ether oxygens (including phenoxy) is 2. The third kappa shape index (κ3) is 5.38.